The van der Waals surface area contributed by atoms with Gasteiger partial charge in [0.2, 0.25) is 0 Å². The van der Waals surface area contributed by atoms with Crippen LogP contribution in [-0.4, -0.2) is 32.0 Å². The molecule has 0 amide bonds. The number of halogens is 1. The van der Waals surface area contributed by atoms with Crippen LogP contribution in [0.5, 0.6) is 0 Å². The molecule has 2 saturated heterocycles. The number of rotatable bonds is 1. The average Bonchev–Trinajstić information content (AvgIpc) is 2.80. The van der Waals surface area contributed by atoms with Gasteiger partial charge in [0.05, 0.1) is 19.3 Å². The second-order valence-electron chi connectivity index (χ2n) is 4.65. The Morgan fingerprint density at radius 1 is 1.24 bits per heavy atom. The lowest BCUT2D eigenvalue weighted by Crippen LogP contribution is -2.52. The first-order valence-electron chi connectivity index (χ1n) is 6.01. The molecule has 1 spiro atoms. The third-order valence-electron chi connectivity index (χ3n) is 3.59. The number of ether oxygens (including phenoxy) is 2. The van der Waals surface area contributed by atoms with E-state index in [0.717, 1.165) is 25.1 Å². The monoisotopic (exact) mass is 237 g/mol. The maximum atomic E-state index is 12.9. The SMILES string of the molecule is Fc1ccc(C2NCCOC23CCOC3)cc1. The molecule has 0 radical (unpaired) electrons. The van der Waals surface area contributed by atoms with E-state index in [1.54, 1.807) is 0 Å². The fraction of sp³-hybridized carbons (Fsp3) is 0.538. The standard InChI is InChI=1S/C13H16FNO2/c14-11-3-1-10(2-4-11)12-13(5-7-16-9-13)17-8-6-15-12/h1-4,12,15H,5-9H2. The van der Waals surface area contributed by atoms with Crippen LogP contribution in [0.2, 0.25) is 0 Å². The number of hydrogen-bond acceptors (Lipinski definition) is 3. The van der Waals surface area contributed by atoms with Crippen LogP contribution in [0.25, 0.3) is 0 Å². The normalized spacial score (nSPS) is 33.1. The van der Waals surface area contributed by atoms with Crippen LogP contribution >= 0.6 is 0 Å². The first-order chi connectivity index (χ1) is 8.30. The first kappa shape index (κ1) is 11.1. The van der Waals surface area contributed by atoms with Gasteiger partial charge in [0, 0.05) is 19.6 Å². The van der Waals surface area contributed by atoms with Crippen molar-refractivity contribution in [1.82, 2.24) is 5.32 Å². The van der Waals surface area contributed by atoms with Crippen molar-refractivity contribution in [2.45, 2.75) is 18.1 Å². The van der Waals surface area contributed by atoms with E-state index in [4.69, 9.17) is 9.47 Å². The fourth-order valence-electron chi connectivity index (χ4n) is 2.71. The summed E-state index contributed by atoms with van der Waals surface area (Å²) in [7, 11) is 0. The van der Waals surface area contributed by atoms with Gasteiger partial charge in [-0.3, -0.25) is 0 Å². The molecule has 2 fully saturated rings. The minimum Gasteiger partial charge on any atom is -0.378 e. The van der Waals surface area contributed by atoms with Gasteiger partial charge in [0.25, 0.3) is 0 Å². The summed E-state index contributed by atoms with van der Waals surface area (Å²) in [6.45, 7) is 2.88. The summed E-state index contributed by atoms with van der Waals surface area (Å²) < 4.78 is 24.4. The molecule has 1 N–H and O–H groups in total. The smallest absolute Gasteiger partial charge is 0.123 e. The van der Waals surface area contributed by atoms with Crippen molar-refractivity contribution in [1.29, 1.82) is 0 Å². The number of benzene rings is 1. The Kier molecular flexibility index (Phi) is 2.86. The van der Waals surface area contributed by atoms with E-state index in [2.05, 4.69) is 5.32 Å². The molecular formula is C13H16FNO2. The minimum absolute atomic E-state index is 0.0966. The molecule has 2 unspecified atom stereocenters. The average molecular weight is 237 g/mol. The van der Waals surface area contributed by atoms with Crippen molar-refractivity contribution in [2.75, 3.05) is 26.4 Å². The molecule has 0 saturated carbocycles. The van der Waals surface area contributed by atoms with Gasteiger partial charge in [-0.15, -0.1) is 0 Å². The zero-order valence-corrected chi connectivity index (χ0v) is 9.62. The Labute approximate surface area is 99.9 Å². The van der Waals surface area contributed by atoms with Gasteiger partial charge >= 0.3 is 0 Å². The lowest BCUT2D eigenvalue weighted by molar-refractivity contribution is -0.0989. The van der Waals surface area contributed by atoms with Crippen molar-refractivity contribution < 1.29 is 13.9 Å². The maximum Gasteiger partial charge on any atom is 0.123 e. The highest BCUT2D eigenvalue weighted by Gasteiger charge is 2.46. The van der Waals surface area contributed by atoms with Crippen molar-refractivity contribution >= 4 is 0 Å². The van der Waals surface area contributed by atoms with Gasteiger partial charge in [-0.1, -0.05) is 12.1 Å². The Morgan fingerprint density at radius 2 is 2.06 bits per heavy atom. The molecule has 3 rings (SSSR count). The van der Waals surface area contributed by atoms with E-state index in [-0.39, 0.29) is 17.5 Å². The Morgan fingerprint density at radius 3 is 2.76 bits per heavy atom. The van der Waals surface area contributed by atoms with Crippen LogP contribution in [-0.2, 0) is 9.47 Å². The minimum atomic E-state index is -0.268. The highest BCUT2D eigenvalue weighted by Crippen LogP contribution is 2.38. The highest BCUT2D eigenvalue weighted by atomic mass is 19.1. The van der Waals surface area contributed by atoms with E-state index in [1.165, 1.54) is 12.1 Å². The van der Waals surface area contributed by atoms with Crippen LogP contribution in [0.15, 0.2) is 24.3 Å². The van der Waals surface area contributed by atoms with Crippen molar-refractivity contribution in [2.24, 2.45) is 0 Å². The van der Waals surface area contributed by atoms with Crippen LogP contribution < -0.4 is 5.32 Å². The van der Waals surface area contributed by atoms with E-state index in [1.807, 2.05) is 12.1 Å². The van der Waals surface area contributed by atoms with E-state index >= 15 is 0 Å². The summed E-state index contributed by atoms with van der Waals surface area (Å²) in [6, 6.07) is 6.73. The van der Waals surface area contributed by atoms with Crippen molar-refractivity contribution in [3.8, 4) is 0 Å². The third kappa shape index (κ3) is 1.97. The molecule has 2 heterocycles. The quantitative estimate of drug-likeness (QED) is 0.805. The van der Waals surface area contributed by atoms with Gasteiger partial charge in [-0.25, -0.2) is 4.39 Å². The predicted octanol–water partition coefficient (Wildman–Crippen LogP) is 1.65. The molecule has 0 bridgehead atoms. The zero-order valence-electron chi connectivity index (χ0n) is 9.62. The molecule has 2 aliphatic rings. The molecule has 17 heavy (non-hydrogen) atoms. The summed E-state index contributed by atoms with van der Waals surface area (Å²) in [4.78, 5) is 0. The summed E-state index contributed by atoms with van der Waals surface area (Å²) >= 11 is 0. The third-order valence-corrected chi connectivity index (χ3v) is 3.59. The number of morpholine rings is 1. The van der Waals surface area contributed by atoms with Gasteiger partial charge in [0.1, 0.15) is 11.4 Å². The lowest BCUT2D eigenvalue weighted by atomic mass is 9.86. The molecule has 4 heteroatoms. The summed E-state index contributed by atoms with van der Waals surface area (Å²) in [5.41, 5.74) is 0.799. The maximum absolute atomic E-state index is 12.9. The Bertz CT molecular complexity index is 387. The lowest BCUT2D eigenvalue weighted by Gasteiger charge is -2.41. The molecular weight excluding hydrogens is 221 g/mol. The number of hydrogen-bond donors (Lipinski definition) is 1. The second-order valence-corrected chi connectivity index (χ2v) is 4.65. The first-order valence-corrected chi connectivity index (χ1v) is 6.01. The summed E-state index contributed by atoms with van der Waals surface area (Å²) in [5, 5.41) is 3.46. The zero-order chi connectivity index (χ0) is 11.7. The van der Waals surface area contributed by atoms with E-state index in [0.29, 0.717) is 13.2 Å². The largest absolute Gasteiger partial charge is 0.378 e. The van der Waals surface area contributed by atoms with Crippen molar-refractivity contribution in [3.63, 3.8) is 0 Å². The van der Waals surface area contributed by atoms with E-state index < -0.39 is 0 Å². The van der Waals surface area contributed by atoms with Crippen LogP contribution in [0, 0.1) is 5.82 Å². The molecule has 1 aromatic carbocycles. The molecule has 3 nitrogen and oxygen atoms in total. The molecule has 1 aromatic rings. The van der Waals surface area contributed by atoms with Crippen molar-refractivity contribution in [3.05, 3.63) is 35.6 Å². The van der Waals surface area contributed by atoms with Crippen LogP contribution in [0.3, 0.4) is 0 Å². The number of nitrogens with one attached hydrogen (secondary N) is 1. The highest BCUT2D eigenvalue weighted by molar-refractivity contribution is 5.24. The van der Waals surface area contributed by atoms with Crippen LogP contribution in [0.1, 0.15) is 18.0 Å². The summed E-state index contributed by atoms with van der Waals surface area (Å²) in [6.07, 6.45) is 0.891. The molecule has 0 aromatic heterocycles. The Hall–Kier alpha value is -0.970. The second kappa shape index (κ2) is 4.37. The summed E-state index contributed by atoms with van der Waals surface area (Å²) in [5.74, 6) is -0.206. The van der Waals surface area contributed by atoms with Gasteiger partial charge < -0.3 is 14.8 Å². The topological polar surface area (TPSA) is 30.5 Å². The van der Waals surface area contributed by atoms with E-state index in [9.17, 15) is 4.39 Å². The van der Waals surface area contributed by atoms with Crippen LogP contribution in [0.4, 0.5) is 4.39 Å². The molecule has 2 atom stereocenters. The van der Waals surface area contributed by atoms with Gasteiger partial charge in [-0.2, -0.15) is 0 Å². The fourth-order valence-corrected chi connectivity index (χ4v) is 2.71. The van der Waals surface area contributed by atoms with Gasteiger partial charge in [-0.05, 0) is 17.7 Å². The van der Waals surface area contributed by atoms with Gasteiger partial charge in [0.15, 0.2) is 0 Å². The molecule has 0 aliphatic carbocycles. The Balaban J connectivity index is 1.91. The molecule has 92 valence electrons. The predicted molar refractivity (Wildman–Crippen MR) is 61.3 cm³/mol. The molecule has 2 aliphatic heterocycles.